The molecule has 1 nitrogen and oxygen atoms in total. The second-order valence-electron chi connectivity index (χ2n) is 14.2. The van der Waals surface area contributed by atoms with Gasteiger partial charge in [-0.25, -0.2) is 0 Å². The van der Waals surface area contributed by atoms with Crippen molar-refractivity contribution in [1.29, 1.82) is 0 Å². The summed E-state index contributed by atoms with van der Waals surface area (Å²) in [4.78, 5) is 2.45. The van der Waals surface area contributed by atoms with Gasteiger partial charge in [0, 0.05) is 52.4 Å². The summed E-state index contributed by atoms with van der Waals surface area (Å²) in [6, 6.07) is 67.3. The molecule has 0 spiro atoms. The van der Waals surface area contributed by atoms with E-state index in [9.17, 15) is 0 Å². The summed E-state index contributed by atoms with van der Waals surface area (Å²) >= 11 is 3.78. The smallest absolute Gasteiger partial charge is 0.0640 e. The highest BCUT2D eigenvalue weighted by atomic mass is 32.1. The van der Waals surface area contributed by atoms with Crippen LogP contribution >= 0.6 is 22.7 Å². The number of thiophene rings is 2. The fourth-order valence-corrected chi connectivity index (χ4v) is 11.1. The summed E-state index contributed by atoms with van der Waals surface area (Å²) in [5.41, 5.74) is 12.5. The molecule has 0 N–H and O–H groups in total. The van der Waals surface area contributed by atoms with Crippen LogP contribution in [-0.4, -0.2) is 0 Å². The molecule has 0 saturated heterocycles. The highest BCUT2D eigenvalue weighted by Gasteiger charge is 2.40. The van der Waals surface area contributed by atoms with Crippen molar-refractivity contribution in [3.8, 4) is 22.3 Å². The predicted octanol–water partition coefficient (Wildman–Crippen LogP) is 14.9. The fraction of sp³-hybridized carbons (Fsp3) is 0.0400. The Morgan fingerprint density at radius 3 is 1.77 bits per heavy atom. The summed E-state index contributed by atoms with van der Waals surface area (Å²) < 4.78 is 5.23. The van der Waals surface area contributed by atoms with Crippen molar-refractivity contribution in [1.82, 2.24) is 0 Å². The maximum absolute atomic E-state index is 2.45. The lowest BCUT2D eigenvalue weighted by atomic mass is 9.74. The molecule has 0 aliphatic heterocycles. The quantitative estimate of drug-likeness (QED) is 0.172. The second kappa shape index (κ2) is 11.8. The van der Waals surface area contributed by atoms with E-state index in [2.05, 4.69) is 194 Å². The van der Waals surface area contributed by atoms with Gasteiger partial charge in [0.25, 0.3) is 0 Å². The summed E-state index contributed by atoms with van der Waals surface area (Å²) in [5, 5.41) is 5.23. The van der Waals surface area contributed by atoms with E-state index >= 15 is 0 Å². The Kier molecular flexibility index (Phi) is 6.79. The van der Waals surface area contributed by atoms with Crippen molar-refractivity contribution in [3.05, 3.63) is 199 Å². The number of hydrogen-bond donors (Lipinski definition) is 0. The van der Waals surface area contributed by atoms with Crippen LogP contribution in [0.5, 0.6) is 0 Å². The van der Waals surface area contributed by atoms with E-state index < -0.39 is 0 Å². The number of nitrogens with zero attached hydrogens (tertiary/aromatic N) is 1. The maximum Gasteiger partial charge on any atom is 0.0640 e. The van der Waals surface area contributed by atoms with Gasteiger partial charge in [-0.15, -0.1) is 22.7 Å². The number of benzene rings is 8. The van der Waals surface area contributed by atoms with E-state index in [1.165, 1.54) is 85.0 Å². The minimum Gasteiger partial charge on any atom is -0.309 e. The molecule has 0 saturated carbocycles. The molecule has 2 heterocycles. The molecule has 250 valence electrons. The first kappa shape index (κ1) is 30.6. The highest BCUT2D eigenvalue weighted by molar-refractivity contribution is 7.26. The summed E-state index contributed by atoms with van der Waals surface area (Å²) in [7, 11) is 0. The monoisotopic (exact) mass is 711 g/mol. The molecule has 0 unspecified atom stereocenters. The van der Waals surface area contributed by atoms with Crippen LogP contribution in [-0.2, 0) is 5.41 Å². The van der Waals surface area contributed by atoms with Gasteiger partial charge in [0.05, 0.1) is 10.4 Å². The highest BCUT2D eigenvalue weighted by Crippen LogP contribution is 2.53. The molecule has 1 aliphatic rings. The van der Waals surface area contributed by atoms with Gasteiger partial charge in [-0.2, -0.15) is 0 Å². The maximum atomic E-state index is 2.45. The average molecular weight is 712 g/mol. The van der Waals surface area contributed by atoms with E-state index in [4.69, 9.17) is 0 Å². The SMILES string of the molecule is CC1(c2ccc3c(c2)sc2cc(N(c4ccc(-c5ccccc5)cc4)c4cccc5c4sc4ccccc45)ccc23)c2ccccc2-c2ccccc21. The molecule has 3 heteroatoms. The van der Waals surface area contributed by atoms with Gasteiger partial charge in [0.2, 0.25) is 0 Å². The number of rotatable bonds is 5. The topological polar surface area (TPSA) is 3.24 Å². The Labute approximate surface area is 316 Å². The third kappa shape index (κ3) is 4.61. The van der Waals surface area contributed by atoms with E-state index in [1.54, 1.807) is 0 Å². The summed E-state index contributed by atoms with van der Waals surface area (Å²) in [5.74, 6) is 0. The molecule has 10 aromatic rings. The third-order valence-electron chi connectivity index (χ3n) is 11.4. The molecule has 2 aromatic heterocycles. The molecule has 0 atom stereocenters. The van der Waals surface area contributed by atoms with E-state index in [0.29, 0.717) is 0 Å². The Bertz CT molecular complexity index is 2980. The second-order valence-corrected chi connectivity index (χ2v) is 16.3. The minimum absolute atomic E-state index is 0.214. The molecule has 0 amide bonds. The molecule has 53 heavy (non-hydrogen) atoms. The summed E-state index contributed by atoms with van der Waals surface area (Å²) in [6.45, 7) is 2.40. The molecular formula is C50H33NS2. The first-order valence-electron chi connectivity index (χ1n) is 18.2. The molecule has 8 aromatic carbocycles. The van der Waals surface area contributed by atoms with Crippen molar-refractivity contribution < 1.29 is 0 Å². The van der Waals surface area contributed by atoms with Gasteiger partial charge in [-0.05, 0) is 88.3 Å². The fourth-order valence-electron chi connectivity index (χ4n) is 8.75. The van der Waals surface area contributed by atoms with Crippen LogP contribution in [0.15, 0.2) is 182 Å². The molecule has 0 fully saturated rings. The van der Waals surface area contributed by atoms with Crippen molar-refractivity contribution in [2.75, 3.05) is 4.90 Å². The molecule has 0 radical (unpaired) electrons. The molecule has 1 aliphatic carbocycles. The summed E-state index contributed by atoms with van der Waals surface area (Å²) in [6.07, 6.45) is 0. The Balaban J connectivity index is 1.07. The first-order valence-corrected chi connectivity index (χ1v) is 19.8. The molecule has 11 rings (SSSR count). The van der Waals surface area contributed by atoms with Crippen LogP contribution in [0.1, 0.15) is 23.6 Å². The van der Waals surface area contributed by atoms with Crippen LogP contribution in [0.4, 0.5) is 17.1 Å². The van der Waals surface area contributed by atoms with E-state index in [0.717, 1.165) is 11.4 Å². The van der Waals surface area contributed by atoms with Crippen molar-refractivity contribution in [2.24, 2.45) is 0 Å². The van der Waals surface area contributed by atoms with E-state index in [1.807, 2.05) is 22.7 Å². The van der Waals surface area contributed by atoms with Gasteiger partial charge in [-0.3, -0.25) is 0 Å². The number of anilines is 3. The lowest BCUT2D eigenvalue weighted by molar-refractivity contribution is 0.715. The zero-order chi connectivity index (χ0) is 35.1. The van der Waals surface area contributed by atoms with Crippen LogP contribution in [0, 0.1) is 0 Å². The normalized spacial score (nSPS) is 13.2. The third-order valence-corrected chi connectivity index (χ3v) is 13.7. The molecule has 0 bridgehead atoms. The zero-order valence-electron chi connectivity index (χ0n) is 29.1. The predicted molar refractivity (Wildman–Crippen MR) is 230 cm³/mol. The average Bonchev–Trinajstić information content (AvgIpc) is 3.87. The van der Waals surface area contributed by atoms with Gasteiger partial charge in [0.15, 0.2) is 0 Å². The van der Waals surface area contributed by atoms with Gasteiger partial charge in [0.1, 0.15) is 0 Å². The van der Waals surface area contributed by atoms with Crippen molar-refractivity contribution in [2.45, 2.75) is 12.3 Å². The largest absolute Gasteiger partial charge is 0.309 e. The lowest BCUT2D eigenvalue weighted by Crippen LogP contribution is -2.22. The van der Waals surface area contributed by atoms with Gasteiger partial charge < -0.3 is 4.90 Å². The van der Waals surface area contributed by atoms with Crippen LogP contribution in [0.25, 0.3) is 62.6 Å². The zero-order valence-corrected chi connectivity index (χ0v) is 30.7. The van der Waals surface area contributed by atoms with E-state index in [-0.39, 0.29) is 5.41 Å². The number of hydrogen-bond acceptors (Lipinski definition) is 3. The van der Waals surface area contributed by atoms with Gasteiger partial charge >= 0.3 is 0 Å². The van der Waals surface area contributed by atoms with Crippen LogP contribution in [0.3, 0.4) is 0 Å². The molecular weight excluding hydrogens is 679 g/mol. The van der Waals surface area contributed by atoms with Crippen LogP contribution < -0.4 is 4.90 Å². The Morgan fingerprint density at radius 1 is 0.415 bits per heavy atom. The first-order chi connectivity index (χ1) is 26.1. The number of fused-ring (bicyclic) bond motifs is 9. The minimum atomic E-state index is -0.214. The van der Waals surface area contributed by atoms with Crippen molar-refractivity contribution >= 4 is 80.1 Å². The Hall–Kier alpha value is -6.00. The lowest BCUT2D eigenvalue weighted by Gasteiger charge is -2.28. The standard InChI is InChI=1S/C50H33NS2/c1-50(43-18-8-5-14-37(43)38-15-6-9-19-44(38)50)34-24-28-40-41-29-27-36(31-48(41)52-47(40)30-34)51(35-25-22-33(23-26-35)32-12-3-2-4-13-32)45-20-11-17-42-39-16-7-10-21-46(39)53-49(42)45/h2-31H,1H3. The van der Waals surface area contributed by atoms with Crippen molar-refractivity contribution in [3.63, 3.8) is 0 Å². The van der Waals surface area contributed by atoms with Gasteiger partial charge in [-0.1, -0.05) is 140 Å². The Morgan fingerprint density at radius 2 is 1.00 bits per heavy atom. The van der Waals surface area contributed by atoms with Crippen LogP contribution in [0.2, 0.25) is 0 Å².